The molecule has 1 heterocycles. The quantitative estimate of drug-likeness (QED) is 0.838. The fourth-order valence-electron chi connectivity index (χ4n) is 2.81. The Kier molecular flexibility index (Phi) is 6.78. The number of carbonyl (C=O) groups excluding carboxylic acids is 1. The summed E-state index contributed by atoms with van der Waals surface area (Å²) in [6.07, 6.45) is 3.29. The SMILES string of the molecule is NCCC1CCCN(CC(=O)Nc2c(Cl)cc(Cl)cc2Cl)C1. The second kappa shape index (κ2) is 8.37. The van der Waals surface area contributed by atoms with Gasteiger partial charge in [0.1, 0.15) is 0 Å². The molecule has 1 aliphatic heterocycles. The normalized spacial score (nSPS) is 19.2. The zero-order chi connectivity index (χ0) is 16.1. The van der Waals surface area contributed by atoms with Crippen molar-refractivity contribution in [3.05, 3.63) is 27.2 Å². The van der Waals surface area contributed by atoms with Crippen LogP contribution < -0.4 is 11.1 Å². The highest BCUT2D eigenvalue weighted by atomic mass is 35.5. The second-order valence-corrected chi connectivity index (χ2v) is 6.86. The number of carbonyl (C=O) groups is 1. The Morgan fingerprint density at radius 1 is 1.32 bits per heavy atom. The van der Waals surface area contributed by atoms with Crippen molar-refractivity contribution < 1.29 is 4.79 Å². The highest BCUT2D eigenvalue weighted by molar-refractivity contribution is 6.42. The molecule has 1 unspecified atom stereocenters. The van der Waals surface area contributed by atoms with Crippen molar-refractivity contribution in [1.82, 2.24) is 4.90 Å². The molecule has 122 valence electrons. The number of nitrogens with zero attached hydrogens (tertiary/aromatic N) is 1. The van der Waals surface area contributed by atoms with Gasteiger partial charge >= 0.3 is 0 Å². The Balaban J connectivity index is 1.93. The maximum atomic E-state index is 12.2. The van der Waals surface area contributed by atoms with Gasteiger partial charge in [0.15, 0.2) is 0 Å². The van der Waals surface area contributed by atoms with Crippen molar-refractivity contribution in [1.29, 1.82) is 0 Å². The lowest BCUT2D eigenvalue weighted by atomic mass is 9.95. The molecule has 3 N–H and O–H groups in total. The number of nitrogens with two attached hydrogens (primary N) is 1. The van der Waals surface area contributed by atoms with E-state index in [1.54, 1.807) is 12.1 Å². The molecule has 0 saturated carbocycles. The predicted octanol–water partition coefficient (Wildman–Crippen LogP) is 3.65. The van der Waals surface area contributed by atoms with E-state index in [2.05, 4.69) is 10.2 Å². The first-order valence-electron chi connectivity index (χ1n) is 7.36. The monoisotopic (exact) mass is 363 g/mol. The van der Waals surface area contributed by atoms with E-state index < -0.39 is 0 Å². The number of halogens is 3. The van der Waals surface area contributed by atoms with Crippen LogP contribution >= 0.6 is 34.8 Å². The summed E-state index contributed by atoms with van der Waals surface area (Å²) in [5.74, 6) is 0.453. The van der Waals surface area contributed by atoms with E-state index >= 15 is 0 Å². The predicted molar refractivity (Wildman–Crippen MR) is 92.9 cm³/mol. The number of hydrogen-bond acceptors (Lipinski definition) is 3. The molecule has 0 radical (unpaired) electrons. The first-order valence-corrected chi connectivity index (χ1v) is 8.49. The number of hydrogen-bond donors (Lipinski definition) is 2. The van der Waals surface area contributed by atoms with Gasteiger partial charge in [-0.3, -0.25) is 9.69 Å². The summed E-state index contributed by atoms with van der Waals surface area (Å²) in [5, 5.41) is 3.89. The molecular weight excluding hydrogens is 345 g/mol. The van der Waals surface area contributed by atoms with Crippen molar-refractivity contribution in [2.75, 3.05) is 31.5 Å². The third kappa shape index (κ3) is 5.00. The number of amides is 1. The molecule has 1 amide bonds. The molecule has 0 aliphatic carbocycles. The fourth-order valence-corrected chi connectivity index (χ4v) is 3.72. The molecule has 1 fully saturated rings. The molecule has 1 atom stereocenters. The lowest BCUT2D eigenvalue weighted by Gasteiger charge is -2.32. The summed E-state index contributed by atoms with van der Waals surface area (Å²) in [6, 6.07) is 3.12. The molecule has 0 spiro atoms. The van der Waals surface area contributed by atoms with Crippen LogP contribution in [0.5, 0.6) is 0 Å². The third-order valence-corrected chi connectivity index (χ3v) is 4.63. The van der Waals surface area contributed by atoms with Crippen LogP contribution in [-0.4, -0.2) is 37.0 Å². The molecule has 1 aliphatic rings. The average Bonchev–Trinajstić information content (AvgIpc) is 2.43. The molecular formula is C15H20Cl3N3O. The summed E-state index contributed by atoms with van der Waals surface area (Å²) in [7, 11) is 0. The van der Waals surface area contributed by atoms with Gasteiger partial charge in [0.2, 0.25) is 5.91 Å². The number of benzene rings is 1. The highest BCUT2D eigenvalue weighted by Crippen LogP contribution is 2.33. The minimum Gasteiger partial charge on any atom is -0.330 e. The average molecular weight is 365 g/mol. The summed E-state index contributed by atoms with van der Waals surface area (Å²) in [4.78, 5) is 14.4. The standard InChI is InChI=1S/C15H20Cl3N3O/c16-11-6-12(17)15(13(18)7-11)20-14(22)9-21-5-1-2-10(8-21)3-4-19/h6-7,10H,1-5,8-9,19H2,(H,20,22). The minimum absolute atomic E-state index is 0.125. The van der Waals surface area contributed by atoms with Gasteiger partial charge in [0.05, 0.1) is 22.3 Å². The largest absolute Gasteiger partial charge is 0.330 e. The number of likely N-dealkylation sites (tertiary alicyclic amines) is 1. The molecule has 22 heavy (non-hydrogen) atoms. The molecule has 0 aromatic heterocycles. The van der Waals surface area contributed by atoms with Crippen LogP contribution in [0.25, 0.3) is 0 Å². The topological polar surface area (TPSA) is 58.4 Å². The van der Waals surface area contributed by atoms with Crippen LogP contribution in [0.4, 0.5) is 5.69 Å². The number of piperidine rings is 1. The van der Waals surface area contributed by atoms with Gasteiger partial charge in [-0.15, -0.1) is 0 Å². The summed E-state index contributed by atoms with van der Waals surface area (Å²) in [6.45, 7) is 2.86. The fraction of sp³-hybridized carbons (Fsp3) is 0.533. The van der Waals surface area contributed by atoms with Crippen LogP contribution in [0.1, 0.15) is 19.3 Å². The van der Waals surface area contributed by atoms with Gasteiger partial charge < -0.3 is 11.1 Å². The van der Waals surface area contributed by atoms with Gasteiger partial charge in [-0.2, -0.15) is 0 Å². The Bertz CT molecular complexity index is 514. The highest BCUT2D eigenvalue weighted by Gasteiger charge is 2.21. The van der Waals surface area contributed by atoms with Crippen LogP contribution in [0, 0.1) is 5.92 Å². The molecule has 0 bridgehead atoms. The number of anilines is 1. The van der Waals surface area contributed by atoms with E-state index in [4.69, 9.17) is 40.5 Å². The minimum atomic E-state index is -0.125. The van der Waals surface area contributed by atoms with Crippen molar-refractivity contribution in [2.24, 2.45) is 11.7 Å². The molecule has 1 aromatic rings. The summed E-state index contributed by atoms with van der Waals surface area (Å²) in [5.41, 5.74) is 6.03. The zero-order valence-corrected chi connectivity index (χ0v) is 14.5. The molecule has 1 saturated heterocycles. The van der Waals surface area contributed by atoms with Crippen molar-refractivity contribution in [3.63, 3.8) is 0 Å². The molecule has 2 rings (SSSR count). The molecule has 4 nitrogen and oxygen atoms in total. The van der Waals surface area contributed by atoms with E-state index in [9.17, 15) is 4.79 Å². The van der Waals surface area contributed by atoms with E-state index in [1.165, 1.54) is 6.42 Å². The lowest BCUT2D eigenvalue weighted by molar-refractivity contribution is -0.117. The maximum Gasteiger partial charge on any atom is 0.238 e. The van der Waals surface area contributed by atoms with Gasteiger partial charge in [0, 0.05) is 11.6 Å². The van der Waals surface area contributed by atoms with Crippen LogP contribution in [-0.2, 0) is 4.79 Å². The Morgan fingerprint density at radius 2 is 2.00 bits per heavy atom. The van der Waals surface area contributed by atoms with E-state index in [1.807, 2.05) is 0 Å². The first-order chi connectivity index (χ1) is 10.5. The summed E-state index contributed by atoms with van der Waals surface area (Å²) < 4.78 is 0. The Labute approximate surface area is 145 Å². The van der Waals surface area contributed by atoms with E-state index in [-0.39, 0.29) is 5.91 Å². The lowest BCUT2D eigenvalue weighted by Crippen LogP contribution is -2.41. The van der Waals surface area contributed by atoms with Crippen molar-refractivity contribution in [3.8, 4) is 0 Å². The van der Waals surface area contributed by atoms with Crippen molar-refractivity contribution >= 4 is 46.4 Å². The number of rotatable bonds is 5. The molecule has 1 aromatic carbocycles. The van der Waals surface area contributed by atoms with Gasteiger partial charge in [-0.05, 0) is 50.4 Å². The maximum absolute atomic E-state index is 12.2. The van der Waals surface area contributed by atoms with Gasteiger partial charge in [-0.1, -0.05) is 34.8 Å². The van der Waals surface area contributed by atoms with Gasteiger partial charge in [-0.25, -0.2) is 0 Å². The molecule has 7 heteroatoms. The Morgan fingerprint density at radius 3 is 2.64 bits per heavy atom. The Hall–Kier alpha value is -0.520. The van der Waals surface area contributed by atoms with E-state index in [0.717, 1.165) is 25.9 Å². The van der Waals surface area contributed by atoms with E-state index in [0.29, 0.717) is 39.8 Å². The van der Waals surface area contributed by atoms with Crippen LogP contribution in [0.3, 0.4) is 0 Å². The second-order valence-electron chi connectivity index (χ2n) is 5.61. The number of nitrogens with one attached hydrogen (secondary N) is 1. The van der Waals surface area contributed by atoms with Crippen LogP contribution in [0.15, 0.2) is 12.1 Å². The smallest absolute Gasteiger partial charge is 0.238 e. The van der Waals surface area contributed by atoms with Gasteiger partial charge in [0.25, 0.3) is 0 Å². The zero-order valence-electron chi connectivity index (χ0n) is 12.2. The van der Waals surface area contributed by atoms with Crippen molar-refractivity contribution in [2.45, 2.75) is 19.3 Å². The third-order valence-electron chi connectivity index (χ3n) is 3.82. The van der Waals surface area contributed by atoms with Crippen LogP contribution in [0.2, 0.25) is 15.1 Å². The summed E-state index contributed by atoms with van der Waals surface area (Å²) >= 11 is 18.0. The first kappa shape index (κ1) is 17.8.